The molecule has 3 unspecified atom stereocenters. The molecule has 2 aliphatic heterocycles. The number of thioether (sulfide) groups is 2. The van der Waals surface area contributed by atoms with Gasteiger partial charge in [-0.2, -0.15) is 15.1 Å². The van der Waals surface area contributed by atoms with Gasteiger partial charge in [0.2, 0.25) is 5.91 Å². The lowest BCUT2D eigenvalue weighted by molar-refractivity contribution is -0.165. The molecule has 18 heteroatoms. The Kier molecular flexibility index (Phi) is 11.6. The van der Waals surface area contributed by atoms with Crippen LogP contribution in [0.25, 0.3) is 5.65 Å². The van der Waals surface area contributed by atoms with Gasteiger partial charge < -0.3 is 14.8 Å². The van der Waals surface area contributed by atoms with Crippen LogP contribution < -0.4 is 10.8 Å². The number of nitrogens with zero attached hydrogens (tertiary/aromatic N) is 6. The summed E-state index contributed by atoms with van der Waals surface area (Å²) in [5, 5.41) is 17.0. The zero-order valence-electron chi connectivity index (χ0n) is 29.9. The summed E-state index contributed by atoms with van der Waals surface area (Å²) in [6.45, 7) is 4.73. The number of aromatic nitrogens is 5. The van der Waals surface area contributed by atoms with Crippen molar-refractivity contribution >= 4 is 64.3 Å². The number of ether oxygens (including phenoxy) is 2. The van der Waals surface area contributed by atoms with Crippen LogP contribution in [0.1, 0.15) is 49.7 Å². The molecule has 55 heavy (non-hydrogen) atoms. The van der Waals surface area contributed by atoms with E-state index < -0.39 is 59.5 Å². The number of nitrogens with one attached hydrogen (secondary N) is 2. The molecule has 0 saturated carbocycles. The zero-order chi connectivity index (χ0) is 38.5. The normalized spacial score (nSPS) is 17.5. The van der Waals surface area contributed by atoms with Crippen LogP contribution in [-0.2, 0) is 33.5 Å². The fraction of sp³-hybridized carbons (Fsp3) is 0.297. The summed E-state index contributed by atoms with van der Waals surface area (Å²) < 4.78 is 13.1. The molecule has 0 spiro atoms. The topological polar surface area (TPSA) is 179 Å². The smallest absolute Gasteiger partial charge is 0.356 e. The van der Waals surface area contributed by atoms with E-state index in [1.54, 1.807) is 42.2 Å². The zero-order valence-corrected chi connectivity index (χ0v) is 32.3. The molecule has 1 saturated heterocycles. The molecule has 5 heterocycles. The average molecular weight is 801 g/mol. The summed E-state index contributed by atoms with van der Waals surface area (Å²) in [7, 11) is 0. The molecule has 2 amide bonds. The van der Waals surface area contributed by atoms with Gasteiger partial charge in [-0.15, -0.1) is 45.1 Å². The molecule has 2 aliphatic rings. The molecular formula is C37H36N8O7S3. The number of esters is 2. The Balaban J connectivity index is 1.12. The second-order valence-electron chi connectivity index (χ2n) is 13.4. The van der Waals surface area contributed by atoms with Crippen molar-refractivity contribution in [3.63, 3.8) is 0 Å². The van der Waals surface area contributed by atoms with Crippen LogP contribution >= 0.6 is 34.9 Å². The number of benzene rings is 2. The highest BCUT2D eigenvalue weighted by Gasteiger charge is 2.55. The Labute approximate surface area is 328 Å². The van der Waals surface area contributed by atoms with E-state index in [-0.39, 0.29) is 5.70 Å². The number of hydroxylamine groups is 1. The van der Waals surface area contributed by atoms with E-state index in [0.29, 0.717) is 33.4 Å². The van der Waals surface area contributed by atoms with E-state index in [4.69, 9.17) is 14.3 Å². The molecular weight excluding hydrogens is 765 g/mol. The lowest BCUT2D eigenvalue weighted by Crippen LogP contribution is -2.71. The molecule has 7 rings (SSSR count). The predicted octanol–water partition coefficient (Wildman–Crippen LogP) is 4.26. The van der Waals surface area contributed by atoms with Crippen LogP contribution in [-0.4, -0.2) is 88.6 Å². The molecule has 15 nitrogen and oxygen atoms in total. The van der Waals surface area contributed by atoms with Gasteiger partial charge in [-0.1, -0.05) is 60.7 Å². The number of β-lactam (4-membered cyclic amide) rings is 1. The van der Waals surface area contributed by atoms with Gasteiger partial charge in [-0.25, -0.2) is 14.6 Å². The van der Waals surface area contributed by atoms with Crippen molar-refractivity contribution in [2.75, 3.05) is 18.1 Å². The van der Waals surface area contributed by atoms with Crippen molar-refractivity contribution in [2.24, 2.45) is 0 Å². The highest BCUT2D eigenvalue weighted by Crippen LogP contribution is 2.43. The summed E-state index contributed by atoms with van der Waals surface area (Å²) in [6, 6.07) is 20.3. The summed E-state index contributed by atoms with van der Waals surface area (Å²) in [5.41, 5.74) is 6.71. The second kappa shape index (κ2) is 16.7. The monoisotopic (exact) mass is 800 g/mol. The molecule has 2 N–H and O–H groups in total. The lowest BCUT2D eigenvalue weighted by Gasteiger charge is -2.50. The van der Waals surface area contributed by atoms with Crippen molar-refractivity contribution in [1.82, 2.24) is 40.5 Å². The van der Waals surface area contributed by atoms with Gasteiger partial charge in [0, 0.05) is 16.9 Å². The van der Waals surface area contributed by atoms with Crippen LogP contribution in [0.5, 0.6) is 0 Å². The highest BCUT2D eigenvalue weighted by atomic mass is 32.2. The number of amides is 2. The molecule has 1 fully saturated rings. The van der Waals surface area contributed by atoms with Crippen LogP contribution in [0.3, 0.4) is 0 Å². The van der Waals surface area contributed by atoms with Gasteiger partial charge in [0.25, 0.3) is 5.91 Å². The standard InChI is InChI=1S/C37H36N8O7S3/c1-37(2,3)52-28(46)16-50-43-29(25-19-53-21-38-25)33(47)40-30-34(48)45-31(36(49)51-32(22-10-6-4-7-11-22)23-12-8-5-9-13-23)24(18-55-35(30)45)17-54-27-15-14-26-41-39-20-44(26)42-27/h4-15,19-21,29-30,32,35,43H,16-18H2,1-3H3,(H,40,47). The van der Waals surface area contributed by atoms with Crippen molar-refractivity contribution in [2.45, 2.75) is 55.0 Å². The summed E-state index contributed by atoms with van der Waals surface area (Å²) in [6.07, 6.45) is 0.754. The first kappa shape index (κ1) is 38.1. The SMILES string of the molecule is CC(C)(C)OC(=O)CONC(C(=O)NC1C(=O)N2C(C(=O)OC(c3ccccc3)c3ccccc3)=C(CSc3ccc4nncn4n3)CSC12)c1cscn1. The Hall–Kier alpha value is -5.14. The van der Waals surface area contributed by atoms with E-state index in [0.717, 1.165) is 11.1 Å². The third-order valence-electron chi connectivity index (χ3n) is 8.32. The third kappa shape index (κ3) is 8.89. The minimum absolute atomic E-state index is 0.129. The van der Waals surface area contributed by atoms with E-state index >= 15 is 0 Å². The minimum Gasteiger partial charge on any atom is -0.458 e. The lowest BCUT2D eigenvalue weighted by atomic mass is 10.0. The first-order chi connectivity index (χ1) is 26.6. The van der Waals surface area contributed by atoms with Crippen LogP contribution in [0.2, 0.25) is 0 Å². The van der Waals surface area contributed by atoms with E-state index in [1.165, 1.54) is 46.1 Å². The number of rotatable bonds is 14. The summed E-state index contributed by atoms with van der Waals surface area (Å²) in [4.78, 5) is 65.4. The summed E-state index contributed by atoms with van der Waals surface area (Å²) >= 11 is 4.09. The number of thiazole rings is 1. The molecule has 3 aromatic heterocycles. The first-order valence-electron chi connectivity index (χ1n) is 17.1. The van der Waals surface area contributed by atoms with Crippen molar-refractivity contribution < 1.29 is 33.5 Å². The highest BCUT2D eigenvalue weighted by molar-refractivity contribution is 8.01. The maximum atomic E-state index is 14.4. The van der Waals surface area contributed by atoms with Crippen LogP contribution in [0.15, 0.2) is 106 Å². The van der Waals surface area contributed by atoms with Crippen LogP contribution in [0, 0.1) is 0 Å². The molecule has 3 atom stereocenters. The number of fused-ring (bicyclic) bond motifs is 2. The molecule has 5 aromatic rings. The molecule has 0 radical (unpaired) electrons. The largest absolute Gasteiger partial charge is 0.458 e. The number of carbonyl (C=O) groups is 4. The predicted molar refractivity (Wildman–Crippen MR) is 204 cm³/mol. The minimum atomic E-state index is -1.15. The molecule has 2 aromatic carbocycles. The quantitative estimate of drug-likeness (QED) is 0.0704. The Bertz CT molecular complexity index is 2160. The maximum Gasteiger partial charge on any atom is 0.356 e. The van der Waals surface area contributed by atoms with Gasteiger partial charge in [0.15, 0.2) is 24.4 Å². The van der Waals surface area contributed by atoms with Gasteiger partial charge in [-0.05, 0) is 49.6 Å². The maximum absolute atomic E-state index is 14.4. The van der Waals surface area contributed by atoms with Crippen molar-refractivity contribution in [3.8, 4) is 0 Å². The average Bonchev–Trinajstić information content (AvgIpc) is 3.89. The summed E-state index contributed by atoms with van der Waals surface area (Å²) in [5.74, 6) is -1.67. The third-order valence-corrected chi connectivity index (χ3v) is 11.3. The molecule has 0 bridgehead atoms. The number of hydrogen-bond acceptors (Lipinski definition) is 15. The van der Waals surface area contributed by atoms with Crippen molar-refractivity contribution in [1.29, 1.82) is 0 Å². The van der Waals surface area contributed by atoms with E-state index in [2.05, 4.69) is 31.1 Å². The number of hydrogen-bond donors (Lipinski definition) is 2. The first-order valence-corrected chi connectivity index (χ1v) is 20.1. The number of carbonyl (C=O) groups excluding carboxylic acids is 4. The Morgan fingerprint density at radius 3 is 2.42 bits per heavy atom. The van der Waals surface area contributed by atoms with Gasteiger partial charge in [-0.3, -0.25) is 19.3 Å². The van der Waals surface area contributed by atoms with Gasteiger partial charge >= 0.3 is 11.9 Å². The van der Waals surface area contributed by atoms with Crippen LogP contribution in [0.4, 0.5) is 0 Å². The van der Waals surface area contributed by atoms with E-state index in [9.17, 15) is 19.2 Å². The van der Waals surface area contributed by atoms with Crippen molar-refractivity contribution in [3.05, 3.63) is 118 Å². The van der Waals surface area contributed by atoms with Gasteiger partial charge in [0.05, 0.1) is 11.2 Å². The second-order valence-corrected chi connectivity index (χ2v) is 16.2. The van der Waals surface area contributed by atoms with Gasteiger partial charge in [0.1, 0.15) is 34.1 Å². The molecule has 0 aliphatic carbocycles. The fourth-order valence-corrected chi connectivity index (χ4v) is 8.81. The van der Waals surface area contributed by atoms with E-state index in [1.807, 2.05) is 66.7 Å². The fourth-order valence-electron chi connectivity index (χ4n) is 5.88. The Morgan fingerprint density at radius 1 is 1.02 bits per heavy atom. The Morgan fingerprint density at radius 2 is 1.75 bits per heavy atom. The molecule has 284 valence electrons.